The third-order valence-corrected chi connectivity index (χ3v) is 3.41. The third kappa shape index (κ3) is 4.55. The maximum absolute atomic E-state index is 5.59. The molecule has 0 aromatic carbocycles. The Labute approximate surface area is 127 Å². The first kappa shape index (κ1) is 16.0. The molecule has 2 rings (SSSR count). The number of aromatic nitrogens is 2. The van der Waals surface area contributed by atoms with Crippen LogP contribution < -0.4 is 5.32 Å². The fourth-order valence-electron chi connectivity index (χ4n) is 2.41. The van der Waals surface area contributed by atoms with Crippen LogP contribution in [0.3, 0.4) is 0 Å². The van der Waals surface area contributed by atoms with Crippen LogP contribution in [0.4, 0.5) is 0 Å². The van der Waals surface area contributed by atoms with Crippen LogP contribution >= 0.6 is 0 Å². The first-order chi connectivity index (χ1) is 10.2. The van der Waals surface area contributed by atoms with Gasteiger partial charge in [0, 0.05) is 37.5 Å². The number of hydrogen-bond donors (Lipinski definition) is 1. The van der Waals surface area contributed by atoms with Gasteiger partial charge in [0.2, 0.25) is 0 Å². The minimum absolute atomic E-state index is 0.666. The molecule has 0 radical (unpaired) electrons. The Bertz CT molecular complexity index is 548. The smallest absolute Gasteiger partial charge is 0.140 e. The molecule has 2 aromatic heterocycles. The van der Waals surface area contributed by atoms with Crippen molar-refractivity contribution < 1.29 is 4.74 Å². The summed E-state index contributed by atoms with van der Waals surface area (Å²) in [5.74, 6) is 0.666. The number of fused-ring (bicyclic) bond motifs is 1. The van der Waals surface area contributed by atoms with Crippen molar-refractivity contribution in [3.63, 3.8) is 0 Å². The Morgan fingerprint density at radius 3 is 2.95 bits per heavy atom. The topological polar surface area (TPSA) is 39.1 Å². The molecule has 21 heavy (non-hydrogen) atoms. The molecule has 0 bridgehead atoms. The monoisotopic (exact) mass is 289 g/mol. The fraction of sp³-hybridized carbons (Fsp3) is 0.588. The second-order valence-corrected chi connectivity index (χ2v) is 5.86. The lowest BCUT2D eigenvalue weighted by atomic mass is 10.2. The van der Waals surface area contributed by atoms with Crippen LogP contribution in [0.15, 0.2) is 24.5 Å². The molecule has 4 heteroatoms. The van der Waals surface area contributed by atoms with Crippen LogP contribution in [0.1, 0.15) is 32.8 Å². The summed E-state index contributed by atoms with van der Waals surface area (Å²) < 4.78 is 7.80. The highest BCUT2D eigenvalue weighted by Gasteiger charge is 2.09. The Kier molecular flexibility index (Phi) is 6.21. The van der Waals surface area contributed by atoms with Crippen LogP contribution in [0.2, 0.25) is 0 Å². The van der Waals surface area contributed by atoms with E-state index in [4.69, 9.17) is 4.74 Å². The standard InChI is InChI=1S/C17H27N3O/c1-4-9-21-10-8-20-13-15(12-18-11-14(2)3)16-6-5-7-19-17(16)20/h5-7,13-14,18H,4,8-12H2,1-3H3. The van der Waals surface area contributed by atoms with E-state index in [0.717, 1.165) is 44.9 Å². The maximum atomic E-state index is 5.59. The first-order valence-corrected chi connectivity index (χ1v) is 7.93. The van der Waals surface area contributed by atoms with Gasteiger partial charge < -0.3 is 14.6 Å². The molecule has 0 aliphatic heterocycles. The normalized spacial score (nSPS) is 11.6. The summed E-state index contributed by atoms with van der Waals surface area (Å²) in [6.07, 6.45) is 5.13. The molecule has 116 valence electrons. The minimum atomic E-state index is 0.666. The highest BCUT2D eigenvalue weighted by molar-refractivity contribution is 5.80. The number of nitrogens with zero attached hydrogens (tertiary/aromatic N) is 2. The number of nitrogens with one attached hydrogen (secondary N) is 1. The van der Waals surface area contributed by atoms with Gasteiger partial charge in [0.25, 0.3) is 0 Å². The summed E-state index contributed by atoms with van der Waals surface area (Å²) in [4.78, 5) is 4.52. The van der Waals surface area contributed by atoms with Crippen molar-refractivity contribution in [3.05, 3.63) is 30.1 Å². The number of rotatable bonds is 9. The maximum Gasteiger partial charge on any atom is 0.140 e. The molecule has 0 unspecified atom stereocenters. The fourth-order valence-corrected chi connectivity index (χ4v) is 2.41. The van der Waals surface area contributed by atoms with E-state index in [1.807, 2.05) is 12.3 Å². The molecular formula is C17H27N3O. The third-order valence-electron chi connectivity index (χ3n) is 3.41. The zero-order chi connectivity index (χ0) is 15.1. The summed E-state index contributed by atoms with van der Waals surface area (Å²) in [5, 5.41) is 4.75. The van der Waals surface area contributed by atoms with Crippen LogP contribution in [0.25, 0.3) is 11.0 Å². The van der Waals surface area contributed by atoms with Gasteiger partial charge in [-0.3, -0.25) is 0 Å². The van der Waals surface area contributed by atoms with E-state index in [9.17, 15) is 0 Å². The SMILES string of the molecule is CCCOCCn1cc(CNCC(C)C)c2cccnc21. The van der Waals surface area contributed by atoms with Gasteiger partial charge in [-0.25, -0.2) is 4.98 Å². The van der Waals surface area contributed by atoms with E-state index >= 15 is 0 Å². The molecule has 2 aromatic rings. The molecule has 0 saturated heterocycles. The van der Waals surface area contributed by atoms with Gasteiger partial charge in [-0.15, -0.1) is 0 Å². The average molecular weight is 289 g/mol. The zero-order valence-electron chi connectivity index (χ0n) is 13.4. The van der Waals surface area contributed by atoms with Crippen LogP contribution in [0.5, 0.6) is 0 Å². The largest absolute Gasteiger partial charge is 0.380 e. The van der Waals surface area contributed by atoms with Crippen molar-refractivity contribution in [1.29, 1.82) is 0 Å². The van der Waals surface area contributed by atoms with Crippen LogP contribution in [-0.2, 0) is 17.8 Å². The van der Waals surface area contributed by atoms with Gasteiger partial charge in [-0.05, 0) is 36.6 Å². The van der Waals surface area contributed by atoms with Crippen molar-refractivity contribution in [2.45, 2.75) is 40.3 Å². The van der Waals surface area contributed by atoms with Crippen LogP contribution in [-0.4, -0.2) is 29.3 Å². The lowest BCUT2D eigenvalue weighted by Crippen LogP contribution is -2.18. The number of hydrogen-bond acceptors (Lipinski definition) is 3. The second-order valence-electron chi connectivity index (χ2n) is 5.86. The summed E-state index contributed by atoms with van der Waals surface area (Å²) in [7, 11) is 0. The van der Waals surface area contributed by atoms with Crippen molar-refractivity contribution >= 4 is 11.0 Å². The molecular weight excluding hydrogens is 262 g/mol. The van der Waals surface area contributed by atoms with Gasteiger partial charge in [-0.2, -0.15) is 0 Å². The van der Waals surface area contributed by atoms with Crippen molar-refractivity contribution in [2.75, 3.05) is 19.8 Å². The highest BCUT2D eigenvalue weighted by Crippen LogP contribution is 2.19. The van der Waals surface area contributed by atoms with E-state index in [0.29, 0.717) is 5.92 Å². The van der Waals surface area contributed by atoms with E-state index in [-0.39, 0.29) is 0 Å². The summed E-state index contributed by atoms with van der Waals surface area (Å²) in [5.41, 5.74) is 2.37. The molecule has 0 amide bonds. The average Bonchev–Trinajstić information content (AvgIpc) is 2.82. The Balaban J connectivity index is 2.06. The number of ether oxygens (including phenoxy) is 1. The highest BCUT2D eigenvalue weighted by atomic mass is 16.5. The molecule has 1 N–H and O–H groups in total. The predicted octanol–water partition coefficient (Wildman–Crippen LogP) is 3.21. The van der Waals surface area contributed by atoms with Crippen molar-refractivity contribution in [3.8, 4) is 0 Å². The lowest BCUT2D eigenvalue weighted by Gasteiger charge is -2.06. The summed E-state index contributed by atoms with van der Waals surface area (Å²) in [6.45, 7) is 10.9. The quantitative estimate of drug-likeness (QED) is 0.721. The van der Waals surface area contributed by atoms with Gasteiger partial charge in [0.1, 0.15) is 5.65 Å². The summed E-state index contributed by atoms with van der Waals surface area (Å²) in [6, 6.07) is 4.16. The van der Waals surface area contributed by atoms with Crippen molar-refractivity contribution in [1.82, 2.24) is 14.9 Å². The van der Waals surface area contributed by atoms with Gasteiger partial charge >= 0.3 is 0 Å². The number of pyridine rings is 1. The Morgan fingerprint density at radius 2 is 2.19 bits per heavy atom. The molecule has 4 nitrogen and oxygen atoms in total. The molecule has 0 spiro atoms. The van der Waals surface area contributed by atoms with E-state index in [1.54, 1.807) is 0 Å². The lowest BCUT2D eigenvalue weighted by molar-refractivity contribution is 0.127. The molecule has 0 atom stereocenters. The van der Waals surface area contributed by atoms with Gasteiger partial charge in [-0.1, -0.05) is 20.8 Å². The first-order valence-electron chi connectivity index (χ1n) is 7.93. The summed E-state index contributed by atoms with van der Waals surface area (Å²) >= 11 is 0. The molecule has 2 heterocycles. The van der Waals surface area contributed by atoms with E-state index < -0.39 is 0 Å². The van der Waals surface area contributed by atoms with E-state index in [1.165, 1.54) is 10.9 Å². The minimum Gasteiger partial charge on any atom is -0.380 e. The second kappa shape index (κ2) is 8.15. The molecule has 0 saturated carbocycles. The van der Waals surface area contributed by atoms with E-state index in [2.05, 4.69) is 47.9 Å². The van der Waals surface area contributed by atoms with Gasteiger partial charge in [0.05, 0.1) is 6.61 Å². The zero-order valence-corrected chi connectivity index (χ0v) is 13.4. The Hall–Kier alpha value is -1.39. The Morgan fingerprint density at radius 1 is 1.33 bits per heavy atom. The van der Waals surface area contributed by atoms with Gasteiger partial charge in [0.15, 0.2) is 0 Å². The van der Waals surface area contributed by atoms with Crippen molar-refractivity contribution in [2.24, 2.45) is 5.92 Å². The predicted molar refractivity (Wildman–Crippen MR) is 87.4 cm³/mol. The molecule has 0 aliphatic rings. The molecule has 0 aliphatic carbocycles. The molecule has 0 fully saturated rings. The van der Waals surface area contributed by atoms with Crippen LogP contribution in [0, 0.1) is 5.92 Å².